The summed E-state index contributed by atoms with van der Waals surface area (Å²) in [4.78, 5) is 15.5. The molecule has 0 aliphatic rings. The Hall–Kier alpha value is -1.62. The summed E-state index contributed by atoms with van der Waals surface area (Å²) < 4.78 is 5.09. The van der Waals surface area contributed by atoms with Gasteiger partial charge in [-0.15, -0.1) is 0 Å². The molecule has 0 spiro atoms. The van der Waals surface area contributed by atoms with E-state index in [-0.39, 0.29) is 11.9 Å². The first-order chi connectivity index (χ1) is 7.63. The zero-order chi connectivity index (χ0) is 12.0. The van der Waals surface area contributed by atoms with Crippen molar-refractivity contribution in [2.45, 2.75) is 25.8 Å². The fraction of sp³-hybridized carbons (Fsp3) is 0.455. The van der Waals surface area contributed by atoms with Crippen LogP contribution in [0.5, 0.6) is 5.75 Å². The maximum atomic E-state index is 11.5. The minimum absolute atomic E-state index is 0.0292. The number of carbonyl (C=O) groups excluding carboxylic acids is 1. The first-order valence-corrected chi connectivity index (χ1v) is 5.17. The number of nitrogens with two attached hydrogens (primary N) is 1. The minimum Gasteiger partial charge on any atom is -0.494 e. The van der Waals surface area contributed by atoms with Crippen molar-refractivity contribution in [3.8, 4) is 5.75 Å². The molecule has 88 valence electrons. The van der Waals surface area contributed by atoms with Gasteiger partial charge in [0.15, 0.2) is 0 Å². The van der Waals surface area contributed by atoms with Gasteiger partial charge < -0.3 is 15.8 Å². The SMILES string of the molecule is COc1ccncc1NC(=O)CCC(C)N. The monoisotopic (exact) mass is 223 g/mol. The zero-order valence-electron chi connectivity index (χ0n) is 9.56. The molecule has 1 rings (SSSR count). The molecular formula is C11H17N3O2. The smallest absolute Gasteiger partial charge is 0.224 e. The Morgan fingerprint density at radius 2 is 2.44 bits per heavy atom. The van der Waals surface area contributed by atoms with Gasteiger partial charge in [-0.3, -0.25) is 9.78 Å². The zero-order valence-corrected chi connectivity index (χ0v) is 9.56. The molecule has 1 heterocycles. The number of nitrogens with zero attached hydrogens (tertiary/aromatic N) is 1. The van der Waals surface area contributed by atoms with Gasteiger partial charge in [0.25, 0.3) is 0 Å². The van der Waals surface area contributed by atoms with Gasteiger partial charge in [-0.1, -0.05) is 0 Å². The Morgan fingerprint density at radius 3 is 3.06 bits per heavy atom. The number of methoxy groups -OCH3 is 1. The number of aromatic nitrogens is 1. The van der Waals surface area contributed by atoms with Crippen molar-refractivity contribution in [3.63, 3.8) is 0 Å². The molecule has 0 aliphatic carbocycles. The summed E-state index contributed by atoms with van der Waals surface area (Å²) in [5, 5.41) is 2.73. The van der Waals surface area contributed by atoms with Crippen molar-refractivity contribution in [2.24, 2.45) is 5.73 Å². The number of hydrogen-bond donors (Lipinski definition) is 2. The van der Waals surface area contributed by atoms with Crippen LogP contribution in [0.15, 0.2) is 18.5 Å². The van der Waals surface area contributed by atoms with E-state index in [1.807, 2.05) is 6.92 Å². The molecule has 0 aromatic carbocycles. The molecule has 0 saturated carbocycles. The van der Waals surface area contributed by atoms with Crippen LogP contribution in [0.25, 0.3) is 0 Å². The van der Waals surface area contributed by atoms with Crippen molar-refractivity contribution >= 4 is 11.6 Å². The van der Waals surface area contributed by atoms with Crippen LogP contribution in [-0.4, -0.2) is 24.0 Å². The Bertz CT molecular complexity index is 353. The number of hydrogen-bond acceptors (Lipinski definition) is 4. The summed E-state index contributed by atoms with van der Waals surface area (Å²) in [6.45, 7) is 1.87. The molecule has 5 nitrogen and oxygen atoms in total. The lowest BCUT2D eigenvalue weighted by atomic mass is 10.2. The average molecular weight is 223 g/mol. The van der Waals surface area contributed by atoms with E-state index in [4.69, 9.17) is 10.5 Å². The van der Waals surface area contributed by atoms with Gasteiger partial charge in [-0.2, -0.15) is 0 Å². The lowest BCUT2D eigenvalue weighted by Crippen LogP contribution is -2.19. The van der Waals surface area contributed by atoms with Gasteiger partial charge in [0, 0.05) is 24.7 Å². The van der Waals surface area contributed by atoms with E-state index < -0.39 is 0 Å². The van der Waals surface area contributed by atoms with E-state index in [0.717, 1.165) is 0 Å². The summed E-state index contributed by atoms with van der Waals surface area (Å²) in [6.07, 6.45) is 4.23. The lowest BCUT2D eigenvalue weighted by molar-refractivity contribution is -0.116. The van der Waals surface area contributed by atoms with Crippen LogP contribution in [0.2, 0.25) is 0 Å². The molecule has 16 heavy (non-hydrogen) atoms. The highest BCUT2D eigenvalue weighted by Crippen LogP contribution is 2.21. The third-order valence-corrected chi connectivity index (χ3v) is 2.10. The van der Waals surface area contributed by atoms with Crippen LogP contribution in [-0.2, 0) is 4.79 Å². The Morgan fingerprint density at radius 1 is 1.69 bits per heavy atom. The van der Waals surface area contributed by atoms with Gasteiger partial charge in [0.1, 0.15) is 11.4 Å². The molecule has 0 aliphatic heterocycles. The number of ether oxygens (including phenoxy) is 1. The van der Waals surface area contributed by atoms with Gasteiger partial charge in [0.2, 0.25) is 5.91 Å². The van der Waals surface area contributed by atoms with Crippen molar-refractivity contribution < 1.29 is 9.53 Å². The van der Waals surface area contributed by atoms with Crippen molar-refractivity contribution in [3.05, 3.63) is 18.5 Å². The quantitative estimate of drug-likeness (QED) is 0.785. The van der Waals surface area contributed by atoms with Crippen LogP contribution < -0.4 is 15.8 Å². The van der Waals surface area contributed by atoms with Crippen molar-refractivity contribution in [1.82, 2.24) is 4.98 Å². The predicted octanol–water partition coefficient (Wildman–Crippen LogP) is 1.16. The van der Waals surface area contributed by atoms with Crippen molar-refractivity contribution in [1.29, 1.82) is 0 Å². The van der Waals surface area contributed by atoms with E-state index in [0.29, 0.717) is 24.3 Å². The summed E-state index contributed by atoms with van der Waals surface area (Å²) in [5.41, 5.74) is 6.16. The Kier molecular flexibility index (Phi) is 4.72. The lowest BCUT2D eigenvalue weighted by Gasteiger charge is -2.09. The number of pyridine rings is 1. The van der Waals surface area contributed by atoms with Gasteiger partial charge in [-0.05, 0) is 13.3 Å². The van der Waals surface area contributed by atoms with Crippen LogP contribution in [0, 0.1) is 0 Å². The van der Waals surface area contributed by atoms with E-state index >= 15 is 0 Å². The Labute approximate surface area is 95.0 Å². The first kappa shape index (κ1) is 12.4. The largest absolute Gasteiger partial charge is 0.494 e. The van der Waals surface area contributed by atoms with E-state index in [2.05, 4.69) is 10.3 Å². The molecular weight excluding hydrogens is 206 g/mol. The van der Waals surface area contributed by atoms with Gasteiger partial charge in [0.05, 0.1) is 13.3 Å². The molecule has 1 atom stereocenters. The molecule has 0 bridgehead atoms. The number of nitrogens with one attached hydrogen (secondary N) is 1. The molecule has 1 aromatic rings. The normalized spacial score (nSPS) is 11.9. The van der Waals surface area contributed by atoms with Gasteiger partial charge in [-0.25, -0.2) is 0 Å². The third-order valence-electron chi connectivity index (χ3n) is 2.10. The molecule has 0 fully saturated rings. The Balaban J connectivity index is 2.55. The van der Waals surface area contributed by atoms with Crippen LogP contribution in [0.3, 0.4) is 0 Å². The molecule has 5 heteroatoms. The number of anilines is 1. The summed E-state index contributed by atoms with van der Waals surface area (Å²) in [5.74, 6) is 0.521. The molecule has 0 radical (unpaired) electrons. The van der Waals surface area contributed by atoms with Gasteiger partial charge >= 0.3 is 0 Å². The maximum Gasteiger partial charge on any atom is 0.224 e. The predicted molar refractivity (Wildman–Crippen MR) is 62.3 cm³/mol. The minimum atomic E-state index is -0.0800. The summed E-state index contributed by atoms with van der Waals surface area (Å²) in [6, 6.07) is 1.72. The van der Waals surface area contributed by atoms with Crippen molar-refractivity contribution in [2.75, 3.05) is 12.4 Å². The molecule has 1 aromatic heterocycles. The molecule has 0 saturated heterocycles. The second-order valence-electron chi connectivity index (χ2n) is 3.64. The number of amides is 1. The highest BCUT2D eigenvalue weighted by Gasteiger charge is 2.07. The molecule has 1 amide bonds. The summed E-state index contributed by atoms with van der Waals surface area (Å²) in [7, 11) is 1.55. The fourth-order valence-electron chi connectivity index (χ4n) is 1.23. The highest BCUT2D eigenvalue weighted by molar-refractivity contribution is 5.91. The topological polar surface area (TPSA) is 77.2 Å². The number of carbonyl (C=O) groups is 1. The van der Waals surface area contributed by atoms with Crippen LogP contribution >= 0.6 is 0 Å². The van der Waals surface area contributed by atoms with Crippen LogP contribution in [0.1, 0.15) is 19.8 Å². The maximum absolute atomic E-state index is 11.5. The van der Waals surface area contributed by atoms with E-state index in [1.54, 1.807) is 25.6 Å². The van der Waals surface area contributed by atoms with Crippen LogP contribution in [0.4, 0.5) is 5.69 Å². The summed E-state index contributed by atoms with van der Waals surface area (Å²) >= 11 is 0. The standard InChI is InChI=1S/C11H17N3O2/c1-8(12)3-4-11(15)14-9-7-13-6-5-10(9)16-2/h5-8H,3-4,12H2,1-2H3,(H,14,15). The second-order valence-corrected chi connectivity index (χ2v) is 3.64. The second kappa shape index (κ2) is 6.07. The molecule has 3 N–H and O–H groups in total. The third kappa shape index (κ3) is 3.86. The van der Waals surface area contributed by atoms with E-state index in [9.17, 15) is 4.79 Å². The fourth-order valence-corrected chi connectivity index (χ4v) is 1.23. The highest BCUT2D eigenvalue weighted by atomic mass is 16.5. The average Bonchev–Trinajstić information content (AvgIpc) is 2.27. The molecule has 1 unspecified atom stereocenters. The van der Waals surface area contributed by atoms with E-state index in [1.165, 1.54) is 0 Å². The first-order valence-electron chi connectivity index (χ1n) is 5.17. The number of rotatable bonds is 5.